The number of benzene rings is 1. The summed E-state index contributed by atoms with van der Waals surface area (Å²) in [6.45, 7) is 2.32. The van der Waals surface area contributed by atoms with Crippen molar-refractivity contribution in [2.45, 2.75) is 32.3 Å². The predicted octanol–water partition coefficient (Wildman–Crippen LogP) is 2.39. The Morgan fingerprint density at radius 1 is 1.24 bits per heavy atom. The van der Waals surface area contributed by atoms with E-state index in [9.17, 15) is 14.4 Å². The Labute approximate surface area is 145 Å². The summed E-state index contributed by atoms with van der Waals surface area (Å²) in [5, 5.41) is 2.88. The highest BCUT2D eigenvalue weighted by Crippen LogP contribution is 2.57. The molecule has 1 saturated heterocycles. The number of esters is 2. The Morgan fingerprint density at radius 2 is 2.00 bits per heavy atom. The van der Waals surface area contributed by atoms with Crippen molar-refractivity contribution in [3.05, 3.63) is 29.8 Å². The number of carbonyl (C=O) groups is 3. The van der Waals surface area contributed by atoms with Crippen LogP contribution in [0.4, 0.5) is 5.69 Å². The molecule has 3 aliphatic rings. The summed E-state index contributed by atoms with van der Waals surface area (Å²) in [4.78, 5) is 36.5. The monoisotopic (exact) mass is 343 g/mol. The minimum Gasteiger partial charge on any atom is -0.462 e. The molecule has 25 heavy (non-hydrogen) atoms. The van der Waals surface area contributed by atoms with E-state index in [1.807, 2.05) is 6.92 Å². The minimum absolute atomic E-state index is 0.0277. The van der Waals surface area contributed by atoms with E-state index in [2.05, 4.69) is 5.32 Å². The second-order valence-electron chi connectivity index (χ2n) is 7.12. The molecule has 2 aliphatic carbocycles. The molecule has 1 amide bonds. The van der Waals surface area contributed by atoms with Crippen LogP contribution in [-0.2, 0) is 19.1 Å². The van der Waals surface area contributed by atoms with Crippen molar-refractivity contribution >= 4 is 23.5 Å². The van der Waals surface area contributed by atoms with Crippen molar-refractivity contribution in [1.82, 2.24) is 0 Å². The number of nitrogens with one attached hydrogen (secondary N) is 1. The van der Waals surface area contributed by atoms with Crippen LogP contribution in [0.5, 0.6) is 0 Å². The smallest absolute Gasteiger partial charge is 0.338 e. The van der Waals surface area contributed by atoms with Gasteiger partial charge in [-0.2, -0.15) is 0 Å². The van der Waals surface area contributed by atoms with Gasteiger partial charge in [0.05, 0.1) is 24.0 Å². The highest BCUT2D eigenvalue weighted by Gasteiger charge is 2.63. The van der Waals surface area contributed by atoms with Gasteiger partial charge < -0.3 is 14.8 Å². The van der Waals surface area contributed by atoms with E-state index in [-0.39, 0.29) is 47.6 Å². The highest BCUT2D eigenvalue weighted by atomic mass is 16.6. The lowest BCUT2D eigenvalue weighted by atomic mass is 9.79. The molecule has 6 nitrogen and oxygen atoms in total. The third-order valence-corrected chi connectivity index (χ3v) is 5.61. The Hall–Kier alpha value is -2.37. The molecule has 1 aromatic rings. The van der Waals surface area contributed by atoms with E-state index < -0.39 is 0 Å². The van der Waals surface area contributed by atoms with Crippen LogP contribution in [0, 0.1) is 23.7 Å². The fourth-order valence-electron chi connectivity index (χ4n) is 4.56. The Balaban J connectivity index is 1.42. The van der Waals surface area contributed by atoms with E-state index in [0.29, 0.717) is 17.9 Å². The zero-order chi connectivity index (χ0) is 17.6. The van der Waals surface area contributed by atoms with Gasteiger partial charge in [0.2, 0.25) is 5.91 Å². The first-order valence-electron chi connectivity index (χ1n) is 8.87. The van der Waals surface area contributed by atoms with Gasteiger partial charge in [0, 0.05) is 11.6 Å². The van der Waals surface area contributed by atoms with Gasteiger partial charge >= 0.3 is 11.9 Å². The molecule has 4 rings (SSSR count). The first kappa shape index (κ1) is 16.1. The number of amides is 1. The summed E-state index contributed by atoms with van der Waals surface area (Å²) in [7, 11) is 0. The maximum absolute atomic E-state index is 12.7. The molecule has 2 saturated carbocycles. The normalized spacial score (nSPS) is 31.7. The highest BCUT2D eigenvalue weighted by molar-refractivity contribution is 5.97. The van der Waals surface area contributed by atoms with Gasteiger partial charge in [-0.25, -0.2) is 4.79 Å². The molecule has 3 fully saturated rings. The fraction of sp³-hybridized carbons (Fsp3) is 0.526. The number of anilines is 1. The number of hydrogen-bond acceptors (Lipinski definition) is 5. The van der Waals surface area contributed by atoms with Crippen LogP contribution in [0.1, 0.15) is 36.5 Å². The maximum Gasteiger partial charge on any atom is 0.338 e. The lowest BCUT2D eigenvalue weighted by Crippen LogP contribution is -2.35. The van der Waals surface area contributed by atoms with Crippen LogP contribution in [0.2, 0.25) is 0 Å². The molecule has 0 spiro atoms. The number of carbonyl (C=O) groups excluding carboxylic acids is 3. The molecule has 0 unspecified atom stereocenters. The van der Waals surface area contributed by atoms with Gasteiger partial charge in [0.1, 0.15) is 6.10 Å². The van der Waals surface area contributed by atoms with Gasteiger partial charge in [-0.3, -0.25) is 9.59 Å². The Bertz CT molecular complexity index is 711. The first-order chi connectivity index (χ1) is 12.1. The van der Waals surface area contributed by atoms with Gasteiger partial charge in [0.25, 0.3) is 0 Å². The SMILES string of the molecule is CCCOC(=O)c1ccc(NC(=O)[C@@H]2[C@@H]3C[C@@H]4[C@@H]2C(=O)O[C@@H]4C3)cc1. The molecule has 2 bridgehead atoms. The second-order valence-corrected chi connectivity index (χ2v) is 7.12. The van der Waals surface area contributed by atoms with Gasteiger partial charge in [-0.1, -0.05) is 6.92 Å². The van der Waals surface area contributed by atoms with E-state index >= 15 is 0 Å². The lowest BCUT2D eigenvalue weighted by Gasteiger charge is -2.23. The van der Waals surface area contributed by atoms with Crippen LogP contribution in [0.15, 0.2) is 24.3 Å². The third kappa shape index (κ3) is 2.69. The maximum atomic E-state index is 12.7. The molecular formula is C19H21NO5. The van der Waals surface area contributed by atoms with Crippen molar-refractivity contribution in [1.29, 1.82) is 0 Å². The second kappa shape index (κ2) is 6.17. The summed E-state index contributed by atoms with van der Waals surface area (Å²) in [5.74, 6) is -0.857. The van der Waals surface area contributed by atoms with E-state index in [1.54, 1.807) is 24.3 Å². The van der Waals surface area contributed by atoms with Gasteiger partial charge in [0.15, 0.2) is 0 Å². The molecule has 1 heterocycles. The first-order valence-corrected chi connectivity index (χ1v) is 8.87. The molecular weight excluding hydrogens is 322 g/mol. The van der Waals surface area contributed by atoms with Gasteiger partial charge in [-0.15, -0.1) is 0 Å². The van der Waals surface area contributed by atoms with Crippen LogP contribution >= 0.6 is 0 Å². The Morgan fingerprint density at radius 3 is 2.72 bits per heavy atom. The molecule has 0 radical (unpaired) electrons. The minimum atomic E-state index is -0.368. The Kier molecular flexibility index (Phi) is 3.98. The lowest BCUT2D eigenvalue weighted by molar-refractivity contribution is -0.145. The summed E-state index contributed by atoms with van der Waals surface area (Å²) in [6, 6.07) is 6.63. The third-order valence-electron chi connectivity index (χ3n) is 5.61. The number of ether oxygens (including phenoxy) is 2. The van der Waals surface area contributed by atoms with Crippen LogP contribution in [0.25, 0.3) is 0 Å². The average Bonchev–Trinajstić information content (AvgIpc) is 3.22. The standard InChI is InChI=1S/C19H21NO5/c1-2-7-24-18(22)10-3-5-12(6-4-10)20-17(21)15-11-8-13-14(9-11)25-19(23)16(13)15/h3-6,11,13-16H,2,7-9H2,1H3,(H,20,21)/t11-,13+,14-,15-,16+/m1/s1. The molecule has 1 aromatic carbocycles. The molecule has 5 atom stereocenters. The summed E-state index contributed by atoms with van der Waals surface area (Å²) >= 11 is 0. The largest absolute Gasteiger partial charge is 0.462 e. The number of fused-ring (bicyclic) bond motifs is 1. The fourth-order valence-corrected chi connectivity index (χ4v) is 4.56. The van der Waals surface area contributed by atoms with E-state index in [0.717, 1.165) is 19.3 Å². The molecule has 6 heteroatoms. The van der Waals surface area contributed by atoms with Gasteiger partial charge in [-0.05, 0) is 49.4 Å². The molecule has 132 valence electrons. The summed E-state index contributed by atoms with van der Waals surface area (Å²) < 4.78 is 10.5. The number of hydrogen-bond donors (Lipinski definition) is 1. The van der Waals surface area contributed by atoms with Crippen molar-refractivity contribution in [2.24, 2.45) is 23.7 Å². The molecule has 0 aromatic heterocycles. The van der Waals surface area contributed by atoms with Crippen molar-refractivity contribution in [3.63, 3.8) is 0 Å². The summed E-state index contributed by atoms with van der Waals surface area (Å²) in [5.41, 5.74) is 1.07. The van der Waals surface area contributed by atoms with Crippen molar-refractivity contribution in [2.75, 3.05) is 11.9 Å². The zero-order valence-electron chi connectivity index (χ0n) is 14.1. The average molecular weight is 343 g/mol. The van der Waals surface area contributed by atoms with Crippen LogP contribution in [0.3, 0.4) is 0 Å². The quantitative estimate of drug-likeness (QED) is 0.830. The van der Waals surface area contributed by atoms with Crippen LogP contribution < -0.4 is 5.32 Å². The van der Waals surface area contributed by atoms with Crippen LogP contribution in [-0.4, -0.2) is 30.6 Å². The predicted molar refractivity (Wildman–Crippen MR) is 88.7 cm³/mol. The molecule has 1 N–H and O–H groups in total. The van der Waals surface area contributed by atoms with E-state index in [1.165, 1.54) is 0 Å². The van der Waals surface area contributed by atoms with Crippen molar-refractivity contribution in [3.8, 4) is 0 Å². The van der Waals surface area contributed by atoms with E-state index in [4.69, 9.17) is 9.47 Å². The molecule has 1 aliphatic heterocycles. The van der Waals surface area contributed by atoms with Crippen molar-refractivity contribution < 1.29 is 23.9 Å². The number of rotatable bonds is 5. The summed E-state index contributed by atoms with van der Waals surface area (Å²) in [6.07, 6.45) is 2.50. The zero-order valence-corrected chi connectivity index (χ0v) is 14.1. The topological polar surface area (TPSA) is 81.7 Å².